The van der Waals surface area contributed by atoms with Crippen LogP contribution in [0.2, 0.25) is 5.02 Å². The minimum atomic E-state index is 0.506. The Balaban J connectivity index is 1.19. The predicted octanol–water partition coefficient (Wildman–Crippen LogP) is 5.55. The van der Waals surface area contributed by atoms with Crippen LogP contribution in [0.25, 0.3) is 11.0 Å². The van der Waals surface area contributed by atoms with Gasteiger partial charge in [-0.05, 0) is 78.8 Å². The summed E-state index contributed by atoms with van der Waals surface area (Å²) in [6.45, 7) is 3.63. The van der Waals surface area contributed by atoms with Gasteiger partial charge in [-0.2, -0.15) is 0 Å². The summed E-state index contributed by atoms with van der Waals surface area (Å²) < 4.78 is 9.07. The lowest BCUT2D eigenvalue weighted by Crippen LogP contribution is -2.32. The van der Waals surface area contributed by atoms with Crippen molar-refractivity contribution in [1.82, 2.24) is 34.8 Å². The number of aromatic amines is 1. The van der Waals surface area contributed by atoms with E-state index in [0.717, 1.165) is 71.7 Å². The van der Waals surface area contributed by atoms with Crippen LogP contribution in [-0.4, -0.2) is 47.9 Å². The number of hydrogen-bond acceptors (Lipinski definition) is 6. The van der Waals surface area contributed by atoms with E-state index < -0.39 is 0 Å². The van der Waals surface area contributed by atoms with Crippen molar-refractivity contribution in [2.45, 2.75) is 44.7 Å². The van der Waals surface area contributed by atoms with Gasteiger partial charge >= 0.3 is 0 Å². The number of likely N-dealkylation sites (tertiary alicyclic amines) is 1. The topological polar surface area (TPSA) is 84.8 Å². The molecule has 1 saturated heterocycles. The average Bonchev–Trinajstić information content (AvgIpc) is 3.31. The van der Waals surface area contributed by atoms with E-state index in [4.69, 9.17) is 16.3 Å². The van der Waals surface area contributed by atoms with Crippen LogP contribution in [0, 0.1) is 5.92 Å². The molecule has 1 saturated carbocycles. The van der Waals surface area contributed by atoms with E-state index in [9.17, 15) is 0 Å². The number of benzene rings is 1. The average molecular weight is 543 g/mol. The van der Waals surface area contributed by atoms with Crippen molar-refractivity contribution in [2.75, 3.05) is 13.1 Å². The third-order valence-corrected chi connectivity index (χ3v) is 7.71. The van der Waals surface area contributed by atoms with Gasteiger partial charge in [-0.15, -0.1) is 5.10 Å². The third kappa shape index (κ3) is 4.56. The fourth-order valence-electron chi connectivity index (χ4n) is 4.65. The Hall–Kier alpha value is -2.49. The van der Waals surface area contributed by atoms with Crippen molar-refractivity contribution in [1.29, 1.82) is 0 Å². The lowest BCUT2D eigenvalue weighted by molar-refractivity contribution is 0.201. The van der Waals surface area contributed by atoms with Crippen molar-refractivity contribution < 1.29 is 4.74 Å². The second-order valence-corrected chi connectivity index (χ2v) is 10.5. The molecule has 1 N–H and O–H groups in total. The van der Waals surface area contributed by atoms with E-state index >= 15 is 0 Å². The number of fused-ring (bicyclic) bond motifs is 1. The molecule has 10 heteroatoms. The molecule has 1 aliphatic carbocycles. The second kappa shape index (κ2) is 9.28. The molecule has 8 nitrogen and oxygen atoms in total. The fraction of sp³-hybridized carbons (Fsp3) is 0.417. The molecule has 4 heterocycles. The van der Waals surface area contributed by atoms with Crippen LogP contribution in [0.4, 0.5) is 0 Å². The Morgan fingerprint density at radius 3 is 2.76 bits per heavy atom. The summed E-state index contributed by atoms with van der Waals surface area (Å²) in [5.74, 6) is 2.46. The van der Waals surface area contributed by atoms with Gasteiger partial charge in [0.1, 0.15) is 11.3 Å². The Kier molecular flexibility index (Phi) is 6.01. The maximum Gasteiger partial charge on any atom is 0.223 e. The van der Waals surface area contributed by atoms with Gasteiger partial charge in [-0.3, -0.25) is 4.90 Å². The van der Waals surface area contributed by atoms with Gasteiger partial charge in [0, 0.05) is 37.0 Å². The number of piperidine rings is 1. The molecule has 3 aromatic heterocycles. The molecule has 2 aliphatic rings. The maximum atomic E-state index is 6.31. The first-order valence-electron chi connectivity index (χ1n) is 11.7. The van der Waals surface area contributed by atoms with Crippen LogP contribution in [0.15, 0.2) is 41.4 Å². The van der Waals surface area contributed by atoms with Gasteiger partial charge < -0.3 is 9.72 Å². The van der Waals surface area contributed by atoms with Gasteiger partial charge in [-0.1, -0.05) is 16.8 Å². The number of rotatable bonds is 7. The lowest BCUT2D eigenvalue weighted by atomic mass is 9.94. The molecule has 1 aliphatic heterocycles. The molecule has 0 radical (unpaired) electrons. The van der Waals surface area contributed by atoms with Crippen LogP contribution in [0.5, 0.6) is 11.6 Å². The largest absolute Gasteiger partial charge is 0.437 e. The highest BCUT2D eigenvalue weighted by Gasteiger charge is 2.25. The van der Waals surface area contributed by atoms with Crippen molar-refractivity contribution in [3.63, 3.8) is 0 Å². The van der Waals surface area contributed by atoms with Crippen molar-refractivity contribution in [2.24, 2.45) is 5.92 Å². The Morgan fingerprint density at radius 1 is 1.15 bits per heavy atom. The quantitative estimate of drug-likeness (QED) is 0.330. The number of halogens is 2. The second-order valence-electron chi connectivity index (χ2n) is 9.22. The smallest absolute Gasteiger partial charge is 0.223 e. The van der Waals surface area contributed by atoms with E-state index in [1.54, 1.807) is 12.5 Å². The molecule has 0 amide bonds. The van der Waals surface area contributed by atoms with E-state index in [1.165, 1.54) is 12.8 Å². The first kappa shape index (κ1) is 22.0. The number of ether oxygens (including phenoxy) is 1. The van der Waals surface area contributed by atoms with Gasteiger partial charge in [0.15, 0.2) is 0 Å². The van der Waals surface area contributed by atoms with Gasteiger partial charge in [0.2, 0.25) is 5.88 Å². The zero-order valence-corrected chi connectivity index (χ0v) is 21.0. The van der Waals surface area contributed by atoms with Gasteiger partial charge in [0.25, 0.3) is 0 Å². The molecule has 0 bridgehead atoms. The molecule has 4 aromatic rings. The number of H-pyrrole nitrogens is 1. The maximum absolute atomic E-state index is 6.31. The Labute approximate surface area is 210 Å². The molecule has 0 spiro atoms. The normalized spacial score (nSPS) is 17.5. The zero-order chi connectivity index (χ0) is 23.1. The summed E-state index contributed by atoms with van der Waals surface area (Å²) in [7, 11) is 0. The summed E-state index contributed by atoms with van der Waals surface area (Å²) >= 11 is 9.99. The minimum absolute atomic E-state index is 0.506. The number of imidazole rings is 1. The zero-order valence-electron chi connectivity index (χ0n) is 18.6. The molecule has 34 heavy (non-hydrogen) atoms. The first-order valence-corrected chi connectivity index (χ1v) is 12.9. The molecule has 1 aromatic carbocycles. The minimum Gasteiger partial charge on any atom is -0.437 e. The summed E-state index contributed by atoms with van der Waals surface area (Å²) in [6.07, 6.45) is 10.1. The van der Waals surface area contributed by atoms with Crippen molar-refractivity contribution in [3.05, 3.63) is 57.7 Å². The Morgan fingerprint density at radius 2 is 2.00 bits per heavy atom. The number of nitrogens with zero attached hydrogens (tertiary/aromatic N) is 6. The van der Waals surface area contributed by atoms with Crippen LogP contribution >= 0.6 is 27.5 Å². The molecule has 2 fully saturated rings. The molecule has 0 unspecified atom stereocenters. The van der Waals surface area contributed by atoms with Crippen molar-refractivity contribution in [3.8, 4) is 11.6 Å². The highest BCUT2D eigenvalue weighted by Crippen LogP contribution is 2.37. The molecule has 6 rings (SSSR count). The van der Waals surface area contributed by atoms with E-state index in [1.807, 2.05) is 29.1 Å². The van der Waals surface area contributed by atoms with Crippen LogP contribution < -0.4 is 4.74 Å². The number of nitrogens with one attached hydrogen (secondary N) is 1. The standard InChI is InChI=1S/C24H25BrClN7O/c25-22-21(4-3-20-23(22)30-31-33(20)12-15-1-2-15)34-24-17(9-18(26)10-28-24)13-32-7-5-16(6-8-32)19-11-27-14-29-19/h3-4,9-11,14-16H,1-2,5-8,12-13H2,(H,27,29). The van der Waals surface area contributed by atoms with Crippen LogP contribution in [0.1, 0.15) is 42.9 Å². The number of hydrogen-bond donors (Lipinski definition) is 1. The monoisotopic (exact) mass is 541 g/mol. The molecule has 176 valence electrons. The first-order chi connectivity index (χ1) is 16.6. The van der Waals surface area contributed by atoms with Gasteiger partial charge in [0.05, 0.1) is 27.0 Å². The molecular weight excluding hydrogens is 518 g/mol. The van der Waals surface area contributed by atoms with Crippen LogP contribution in [0.3, 0.4) is 0 Å². The van der Waals surface area contributed by atoms with Crippen LogP contribution in [-0.2, 0) is 13.1 Å². The highest BCUT2D eigenvalue weighted by atomic mass is 79.9. The SMILES string of the molecule is Clc1cnc(Oc2ccc3c(nnn3CC3CC3)c2Br)c(CN2CCC(c3c[nH]cn3)CC2)c1. The Bertz CT molecular complexity index is 1300. The van der Waals surface area contributed by atoms with Crippen molar-refractivity contribution >= 4 is 38.6 Å². The molecular formula is C24H25BrClN7O. The lowest BCUT2D eigenvalue weighted by Gasteiger charge is -2.31. The van der Waals surface area contributed by atoms with E-state index in [0.29, 0.717) is 22.6 Å². The third-order valence-electron chi connectivity index (χ3n) is 6.74. The van der Waals surface area contributed by atoms with E-state index in [2.05, 4.69) is 46.1 Å². The van der Waals surface area contributed by atoms with Gasteiger partial charge in [-0.25, -0.2) is 14.6 Å². The summed E-state index contributed by atoms with van der Waals surface area (Å²) in [5, 5.41) is 9.34. The summed E-state index contributed by atoms with van der Waals surface area (Å²) in [4.78, 5) is 14.4. The molecule has 0 atom stereocenters. The number of pyridine rings is 1. The highest BCUT2D eigenvalue weighted by molar-refractivity contribution is 9.10. The summed E-state index contributed by atoms with van der Waals surface area (Å²) in [6, 6.07) is 5.92. The fourth-order valence-corrected chi connectivity index (χ4v) is 5.32. The predicted molar refractivity (Wildman–Crippen MR) is 133 cm³/mol. The number of aromatic nitrogens is 6. The summed E-state index contributed by atoms with van der Waals surface area (Å²) in [5.41, 5.74) is 3.93. The van der Waals surface area contributed by atoms with E-state index in [-0.39, 0.29) is 0 Å².